The average Bonchev–Trinajstić information content (AvgIpc) is 3.10. The summed E-state index contributed by atoms with van der Waals surface area (Å²) in [6.45, 7) is 3.69. The Bertz CT molecular complexity index is 483. The molecule has 3 rings (SSSR count). The van der Waals surface area contributed by atoms with Crippen LogP contribution in [0.1, 0.15) is 24.8 Å². The zero-order chi connectivity index (χ0) is 13.9. The van der Waals surface area contributed by atoms with Crippen LogP contribution in [0.15, 0.2) is 24.3 Å². The summed E-state index contributed by atoms with van der Waals surface area (Å²) < 4.78 is 0. The van der Waals surface area contributed by atoms with Gasteiger partial charge in [-0.25, -0.2) is 0 Å². The number of amides is 1. The molecular formula is C16H22N2O2. The molecule has 1 unspecified atom stereocenters. The third-order valence-electron chi connectivity index (χ3n) is 4.35. The highest BCUT2D eigenvalue weighted by atomic mass is 16.3. The summed E-state index contributed by atoms with van der Waals surface area (Å²) in [4.78, 5) is 16.3. The lowest BCUT2D eigenvalue weighted by molar-refractivity contribution is -0.128. The van der Waals surface area contributed by atoms with Crippen molar-refractivity contribution < 1.29 is 9.90 Å². The van der Waals surface area contributed by atoms with E-state index in [2.05, 4.69) is 23.1 Å². The van der Waals surface area contributed by atoms with Gasteiger partial charge in [0, 0.05) is 50.8 Å². The first-order valence-electron chi connectivity index (χ1n) is 7.49. The Hall–Kier alpha value is -1.55. The molecule has 0 radical (unpaired) electrons. The Kier molecular flexibility index (Phi) is 3.92. The molecule has 1 aromatic carbocycles. The summed E-state index contributed by atoms with van der Waals surface area (Å²) >= 11 is 0. The molecule has 2 saturated heterocycles. The summed E-state index contributed by atoms with van der Waals surface area (Å²) in [5.74, 6) is 0.279. The van der Waals surface area contributed by atoms with Crippen molar-refractivity contribution in [2.45, 2.75) is 25.8 Å². The molecule has 0 aromatic heterocycles. The van der Waals surface area contributed by atoms with Gasteiger partial charge in [-0.2, -0.15) is 0 Å². The molecule has 1 N–H and O–H groups in total. The second-order valence-corrected chi connectivity index (χ2v) is 5.85. The first-order chi connectivity index (χ1) is 9.78. The molecule has 4 nitrogen and oxygen atoms in total. The molecule has 20 heavy (non-hydrogen) atoms. The fraction of sp³-hybridized carbons (Fsp3) is 0.562. The van der Waals surface area contributed by atoms with Gasteiger partial charge in [-0.1, -0.05) is 18.2 Å². The Morgan fingerprint density at radius 3 is 2.65 bits per heavy atom. The third-order valence-corrected chi connectivity index (χ3v) is 4.35. The molecule has 1 aromatic rings. The topological polar surface area (TPSA) is 43.8 Å². The molecule has 0 bridgehead atoms. The van der Waals surface area contributed by atoms with Gasteiger partial charge < -0.3 is 14.9 Å². The second kappa shape index (κ2) is 5.83. The maximum Gasteiger partial charge on any atom is 0.223 e. The number of likely N-dealkylation sites (tertiary alicyclic amines) is 1. The standard InChI is InChI=1S/C16H22N2O2/c19-12-13-9-16(20)18(10-13)11-14-5-1-2-6-15(14)17-7-3-4-8-17/h1-2,5-6,13,19H,3-4,7-12H2. The van der Waals surface area contributed by atoms with Crippen LogP contribution in [0.5, 0.6) is 0 Å². The maximum absolute atomic E-state index is 12.0. The summed E-state index contributed by atoms with van der Waals surface area (Å²) in [5.41, 5.74) is 2.49. The molecule has 4 heteroatoms. The van der Waals surface area contributed by atoms with Crippen LogP contribution in [0.3, 0.4) is 0 Å². The quantitative estimate of drug-likeness (QED) is 0.907. The van der Waals surface area contributed by atoms with E-state index in [4.69, 9.17) is 0 Å². The number of hydrogen-bond donors (Lipinski definition) is 1. The minimum atomic E-state index is 0.107. The second-order valence-electron chi connectivity index (χ2n) is 5.85. The molecular weight excluding hydrogens is 252 g/mol. The van der Waals surface area contributed by atoms with E-state index >= 15 is 0 Å². The van der Waals surface area contributed by atoms with Crippen molar-refractivity contribution in [2.24, 2.45) is 5.92 Å². The largest absolute Gasteiger partial charge is 0.396 e. The van der Waals surface area contributed by atoms with E-state index < -0.39 is 0 Å². The van der Waals surface area contributed by atoms with E-state index in [1.165, 1.54) is 24.1 Å². The van der Waals surface area contributed by atoms with Crippen molar-refractivity contribution in [3.63, 3.8) is 0 Å². The predicted molar refractivity (Wildman–Crippen MR) is 78.5 cm³/mol. The van der Waals surface area contributed by atoms with E-state index in [0.29, 0.717) is 19.5 Å². The van der Waals surface area contributed by atoms with Crippen LogP contribution >= 0.6 is 0 Å². The number of nitrogens with zero attached hydrogens (tertiary/aromatic N) is 2. The summed E-state index contributed by atoms with van der Waals surface area (Å²) in [6.07, 6.45) is 3.00. The van der Waals surface area contributed by atoms with Crippen LogP contribution in [0.2, 0.25) is 0 Å². The van der Waals surface area contributed by atoms with Crippen LogP contribution in [0.25, 0.3) is 0 Å². The van der Waals surface area contributed by atoms with Crippen molar-refractivity contribution >= 4 is 11.6 Å². The third kappa shape index (κ3) is 2.66. The number of anilines is 1. The van der Waals surface area contributed by atoms with Crippen molar-refractivity contribution in [3.05, 3.63) is 29.8 Å². The predicted octanol–water partition coefficient (Wildman–Crippen LogP) is 1.63. The van der Waals surface area contributed by atoms with Crippen molar-refractivity contribution in [1.82, 2.24) is 4.90 Å². The molecule has 2 aliphatic rings. The smallest absolute Gasteiger partial charge is 0.223 e. The molecule has 2 aliphatic heterocycles. The minimum Gasteiger partial charge on any atom is -0.396 e. The molecule has 108 valence electrons. The lowest BCUT2D eigenvalue weighted by atomic mass is 10.1. The average molecular weight is 274 g/mol. The zero-order valence-electron chi connectivity index (χ0n) is 11.8. The van der Waals surface area contributed by atoms with Gasteiger partial charge in [0.25, 0.3) is 0 Å². The number of aliphatic hydroxyl groups excluding tert-OH is 1. The Balaban J connectivity index is 1.75. The fourth-order valence-electron chi connectivity index (χ4n) is 3.25. The highest BCUT2D eigenvalue weighted by Gasteiger charge is 2.29. The van der Waals surface area contributed by atoms with Gasteiger partial charge >= 0.3 is 0 Å². The van der Waals surface area contributed by atoms with Crippen LogP contribution in [0, 0.1) is 5.92 Å². The molecule has 1 amide bonds. The van der Waals surface area contributed by atoms with Crippen LogP contribution in [-0.4, -0.2) is 42.2 Å². The first-order valence-corrected chi connectivity index (χ1v) is 7.49. The van der Waals surface area contributed by atoms with E-state index in [1.807, 2.05) is 11.0 Å². The number of aliphatic hydroxyl groups is 1. The van der Waals surface area contributed by atoms with E-state index in [1.54, 1.807) is 0 Å². The van der Waals surface area contributed by atoms with Gasteiger partial charge in [-0.15, -0.1) is 0 Å². The number of benzene rings is 1. The highest BCUT2D eigenvalue weighted by Crippen LogP contribution is 2.27. The molecule has 2 fully saturated rings. The van der Waals surface area contributed by atoms with Gasteiger partial charge in [0.05, 0.1) is 0 Å². The first kappa shape index (κ1) is 13.4. The fourth-order valence-corrected chi connectivity index (χ4v) is 3.25. The Morgan fingerprint density at radius 1 is 1.20 bits per heavy atom. The lowest BCUT2D eigenvalue weighted by Crippen LogP contribution is -2.27. The van der Waals surface area contributed by atoms with Crippen LogP contribution in [-0.2, 0) is 11.3 Å². The SMILES string of the molecule is O=C1CC(CO)CN1Cc1ccccc1N1CCCC1. The van der Waals surface area contributed by atoms with Crippen LogP contribution < -0.4 is 4.90 Å². The van der Waals surface area contributed by atoms with Gasteiger partial charge in [0.1, 0.15) is 0 Å². The van der Waals surface area contributed by atoms with Crippen molar-refractivity contribution in [1.29, 1.82) is 0 Å². The van der Waals surface area contributed by atoms with E-state index in [-0.39, 0.29) is 18.4 Å². The minimum absolute atomic E-state index is 0.107. The van der Waals surface area contributed by atoms with Crippen molar-refractivity contribution in [3.8, 4) is 0 Å². The molecule has 0 aliphatic carbocycles. The van der Waals surface area contributed by atoms with Gasteiger partial charge in [-0.3, -0.25) is 4.79 Å². The maximum atomic E-state index is 12.0. The van der Waals surface area contributed by atoms with Gasteiger partial charge in [0.2, 0.25) is 5.91 Å². The zero-order valence-corrected chi connectivity index (χ0v) is 11.8. The number of para-hydroxylation sites is 1. The number of hydrogen-bond acceptors (Lipinski definition) is 3. The van der Waals surface area contributed by atoms with Crippen molar-refractivity contribution in [2.75, 3.05) is 31.1 Å². The molecule has 1 atom stereocenters. The summed E-state index contributed by atoms with van der Waals surface area (Å²) in [6, 6.07) is 8.39. The number of rotatable bonds is 4. The number of carbonyl (C=O) groups is 1. The molecule has 0 saturated carbocycles. The van der Waals surface area contributed by atoms with E-state index in [0.717, 1.165) is 13.1 Å². The molecule has 0 spiro atoms. The Labute approximate surface area is 120 Å². The van der Waals surface area contributed by atoms with Gasteiger partial charge in [-0.05, 0) is 24.5 Å². The molecule has 2 heterocycles. The Morgan fingerprint density at radius 2 is 1.95 bits per heavy atom. The van der Waals surface area contributed by atoms with Crippen LogP contribution in [0.4, 0.5) is 5.69 Å². The highest BCUT2D eigenvalue weighted by molar-refractivity contribution is 5.78. The normalized spacial score (nSPS) is 22.9. The van der Waals surface area contributed by atoms with Gasteiger partial charge in [0.15, 0.2) is 0 Å². The summed E-state index contributed by atoms with van der Waals surface area (Å²) in [7, 11) is 0. The number of carbonyl (C=O) groups excluding carboxylic acids is 1. The monoisotopic (exact) mass is 274 g/mol. The lowest BCUT2D eigenvalue weighted by Gasteiger charge is -2.24. The van der Waals surface area contributed by atoms with E-state index in [9.17, 15) is 9.90 Å². The summed E-state index contributed by atoms with van der Waals surface area (Å²) in [5, 5.41) is 9.21.